The molecule has 2 heterocycles. The van der Waals surface area contributed by atoms with Crippen molar-refractivity contribution in [2.75, 3.05) is 25.2 Å². The number of halogens is 3. The zero-order chi connectivity index (χ0) is 19.3. The maximum Gasteiger partial charge on any atom is 0.417 e. The van der Waals surface area contributed by atoms with Gasteiger partial charge in [0.1, 0.15) is 11.2 Å². The van der Waals surface area contributed by atoms with Gasteiger partial charge >= 0.3 is 6.18 Å². The second-order valence-electron chi connectivity index (χ2n) is 5.14. The lowest BCUT2D eigenvalue weighted by atomic mass is 10.1. The van der Waals surface area contributed by atoms with Gasteiger partial charge in [-0.2, -0.15) is 13.2 Å². The molecule has 26 heavy (non-hydrogen) atoms. The molecule has 0 aliphatic rings. The number of methoxy groups -OCH3 is 1. The van der Waals surface area contributed by atoms with Gasteiger partial charge in [-0.1, -0.05) is 0 Å². The van der Waals surface area contributed by atoms with Crippen molar-refractivity contribution in [3.05, 3.63) is 23.5 Å². The molecular formula is C16H17F3N4OS2. The standard InChI is InChI=1S/C16H17F3N4OS2/c1-9(7-22-8-21-2)11-6-10(16(17,18)19)12-13(20)15(25-5-4-24-3)26-14(12)23-11/h6-8H,2,4-5,20H2,1,3H3/b9-7+,22-8?. The van der Waals surface area contributed by atoms with Crippen LogP contribution in [0.5, 0.6) is 0 Å². The van der Waals surface area contributed by atoms with Crippen LogP contribution in [0.4, 0.5) is 18.9 Å². The fourth-order valence-corrected chi connectivity index (χ4v) is 4.38. The maximum absolute atomic E-state index is 13.6. The number of pyridine rings is 1. The van der Waals surface area contributed by atoms with Crippen LogP contribution >= 0.6 is 23.1 Å². The predicted octanol–water partition coefficient (Wildman–Crippen LogP) is 4.73. The molecule has 0 spiro atoms. The summed E-state index contributed by atoms with van der Waals surface area (Å²) in [5.41, 5.74) is 5.95. The third-order valence-electron chi connectivity index (χ3n) is 3.31. The fourth-order valence-electron chi connectivity index (χ4n) is 2.11. The van der Waals surface area contributed by atoms with E-state index in [0.717, 1.165) is 17.4 Å². The Labute approximate surface area is 156 Å². The van der Waals surface area contributed by atoms with Gasteiger partial charge in [-0.05, 0) is 25.3 Å². The molecule has 0 unspecified atom stereocenters. The lowest BCUT2D eigenvalue weighted by Crippen LogP contribution is -2.08. The molecule has 5 nitrogen and oxygen atoms in total. The normalized spacial score (nSPS) is 13.0. The second kappa shape index (κ2) is 8.65. The van der Waals surface area contributed by atoms with Crippen LogP contribution in [0, 0.1) is 0 Å². The van der Waals surface area contributed by atoms with Crippen molar-refractivity contribution >= 4 is 57.6 Å². The van der Waals surface area contributed by atoms with Crippen molar-refractivity contribution < 1.29 is 17.9 Å². The highest BCUT2D eigenvalue weighted by Crippen LogP contribution is 2.45. The first-order valence-corrected chi connectivity index (χ1v) is 9.16. The quantitative estimate of drug-likeness (QED) is 0.315. The van der Waals surface area contributed by atoms with E-state index in [1.807, 2.05) is 0 Å². The number of aromatic nitrogens is 1. The van der Waals surface area contributed by atoms with Gasteiger partial charge in [-0.3, -0.25) is 4.99 Å². The molecule has 2 aromatic heterocycles. The molecule has 2 rings (SSSR count). The summed E-state index contributed by atoms with van der Waals surface area (Å²) in [7, 11) is 1.56. The van der Waals surface area contributed by atoms with Gasteiger partial charge in [-0.15, -0.1) is 23.1 Å². The van der Waals surface area contributed by atoms with Crippen LogP contribution in [0.25, 0.3) is 15.8 Å². The molecule has 0 amide bonds. The summed E-state index contributed by atoms with van der Waals surface area (Å²) < 4.78 is 46.3. The van der Waals surface area contributed by atoms with Crippen LogP contribution in [0.1, 0.15) is 18.2 Å². The SMILES string of the molecule is C=NC=N/C=C(\C)c1cc(C(F)(F)F)c2c(N)c(SCCOC)sc2n1. The van der Waals surface area contributed by atoms with E-state index >= 15 is 0 Å². The zero-order valence-corrected chi connectivity index (χ0v) is 15.8. The number of hydrogen-bond acceptors (Lipinski definition) is 6. The molecule has 2 N–H and O–H groups in total. The number of nitrogens with zero attached hydrogens (tertiary/aromatic N) is 3. The molecule has 0 radical (unpaired) electrons. The van der Waals surface area contributed by atoms with Crippen molar-refractivity contribution in [1.82, 2.24) is 4.98 Å². The molecule has 10 heteroatoms. The first-order valence-electron chi connectivity index (χ1n) is 7.36. The Hall–Kier alpha value is -1.91. The largest absolute Gasteiger partial charge is 0.417 e. The highest BCUT2D eigenvalue weighted by molar-refractivity contribution is 8.01. The summed E-state index contributed by atoms with van der Waals surface area (Å²) in [6.07, 6.45) is -1.97. The number of allylic oxidation sites excluding steroid dienone is 1. The first kappa shape index (κ1) is 20.4. The van der Waals surface area contributed by atoms with Crippen molar-refractivity contribution in [3.8, 4) is 0 Å². The lowest BCUT2D eigenvalue weighted by molar-refractivity contribution is -0.136. The van der Waals surface area contributed by atoms with E-state index in [0.29, 0.717) is 22.1 Å². The van der Waals surface area contributed by atoms with E-state index in [-0.39, 0.29) is 21.6 Å². The Morgan fingerprint density at radius 1 is 1.50 bits per heavy atom. The van der Waals surface area contributed by atoms with Gasteiger partial charge in [0, 0.05) is 24.4 Å². The third-order valence-corrected chi connectivity index (χ3v) is 5.66. The van der Waals surface area contributed by atoms with E-state index in [1.54, 1.807) is 14.0 Å². The molecular weight excluding hydrogens is 385 g/mol. The zero-order valence-electron chi connectivity index (χ0n) is 14.1. The molecule has 0 saturated heterocycles. The van der Waals surface area contributed by atoms with E-state index < -0.39 is 11.7 Å². The lowest BCUT2D eigenvalue weighted by Gasteiger charge is -2.11. The van der Waals surface area contributed by atoms with E-state index in [9.17, 15) is 13.2 Å². The summed E-state index contributed by atoms with van der Waals surface area (Å²) in [6.45, 7) is 5.34. The number of ether oxygens (including phenoxy) is 1. The van der Waals surface area contributed by atoms with Crippen molar-refractivity contribution in [1.29, 1.82) is 0 Å². The summed E-state index contributed by atoms with van der Waals surface area (Å²) in [6, 6.07) is 0.998. The van der Waals surface area contributed by atoms with Crippen LogP contribution in [-0.2, 0) is 10.9 Å². The number of rotatable bonds is 7. The van der Waals surface area contributed by atoms with E-state index in [1.165, 1.54) is 24.3 Å². The molecule has 0 bridgehead atoms. The number of nitrogen functional groups attached to an aromatic ring is 1. The number of alkyl halides is 3. The minimum atomic E-state index is -4.55. The van der Waals surface area contributed by atoms with E-state index in [2.05, 4.69) is 21.7 Å². The average molecular weight is 402 g/mol. The Morgan fingerprint density at radius 2 is 2.23 bits per heavy atom. The van der Waals surface area contributed by atoms with Crippen LogP contribution in [0.3, 0.4) is 0 Å². The summed E-state index contributed by atoms with van der Waals surface area (Å²) in [5, 5.41) is -0.0600. The molecule has 0 saturated carbocycles. The second-order valence-corrected chi connectivity index (χ2v) is 7.50. The number of hydrogen-bond donors (Lipinski definition) is 1. The third kappa shape index (κ3) is 4.63. The van der Waals surface area contributed by atoms with Gasteiger partial charge in [0.25, 0.3) is 0 Å². The van der Waals surface area contributed by atoms with Crippen LogP contribution in [0.2, 0.25) is 0 Å². The highest BCUT2D eigenvalue weighted by Gasteiger charge is 2.35. The maximum atomic E-state index is 13.6. The van der Waals surface area contributed by atoms with Crippen LogP contribution < -0.4 is 5.73 Å². The molecule has 0 aliphatic heterocycles. The number of thioether (sulfide) groups is 1. The number of nitrogens with two attached hydrogens (primary N) is 1. The van der Waals surface area contributed by atoms with Crippen LogP contribution in [0.15, 0.2) is 26.5 Å². The number of fused-ring (bicyclic) bond motifs is 1. The van der Waals surface area contributed by atoms with Crippen molar-refractivity contribution in [3.63, 3.8) is 0 Å². The molecule has 0 atom stereocenters. The van der Waals surface area contributed by atoms with E-state index in [4.69, 9.17) is 10.5 Å². The monoisotopic (exact) mass is 402 g/mol. The smallest absolute Gasteiger partial charge is 0.397 e. The topological polar surface area (TPSA) is 72.9 Å². The van der Waals surface area contributed by atoms with Gasteiger partial charge in [0.15, 0.2) is 0 Å². The predicted molar refractivity (Wildman–Crippen MR) is 103 cm³/mol. The Balaban J connectivity index is 2.60. The molecule has 0 aromatic carbocycles. The van der Waals surface area contributed by atoms with Crippen molar-refractivity contribution in [2.45, 2.75) is 17.3 Å². The molecule has 2 aromatic rings. The summed E-state index contributed by atoms with van der Waals surface area (Å²) >= 11 is 2.49. The molecule has 0 aliphatic carbocycles. The molecule has 0 fully saturated rings. The Morgan fingerprint density at radius 3 is 2.85 bits per heavy atom. The average Bonchev–Trinajstić information content (AvgIpc) is 2.89. The van der Waals surface area contributed by atoms with Gasteiger partial charge in [0.05, 0.1) is 27.8 Å². The Kier molecular flexibility index (Phi) is 6.79. The fraction of sp³-hybridized carbons (Fsp3) is 0.312. The summed E-state index contributed by atoms with van der Waals surface area (Å²) in [4.78, 5) is 11.9. The van der Waals surface area contributed by atoms with Gasteiger partial charge in [0.2, 0.25) is 0 Å². The minimum absolute atomic E-state index is 0.0600. The minimum Gasteiger partial charge on any atom is -0.397 e. The van der Waals surface area contributed by atoms with Crippen LogP contribution in [-0.4, -0.2) is 37.5 Å². The van der Waals surface area contributed by atoms with Gasteiger partial charge < -0.3 is 10.5 Å². The van der Waals surface area contributed by atoms with Crippen molar-refractivity contribution in [2.24, 2.45) is 9.98 Å². The molecule has 140 valence electrons. The Bertz CT molecular complexity index is 859. The number of anilines is 1. The number of thiophene rings is 1. The van der Waals surface area contributed by atoms with Gasteiger partial charge in [-0.25, -0.2) is 9.98 Å². The summed E-state index contributed by atoms with van der Waals surface area (Å²) in [5.74, 6) is 0.587. The first-order chi connectivity index (χ1) is 12.3. The highest BCUT2D eigenvalue weighted by atomic mass is 32.2. The number of aliphatic imine (C=N–C) groups is 2.